The predicted octanol–water partition coefficient (Wildman–Crippen LogP) is 1.40. The second kappa shape index (κ2) is 6.84. The molecule has 0 radical (unpaired) electrons. The number of nitrogens with one attached hydrogen (secondary N) is 1. The van der Waals surface area contributed by atoms with Gasteiger partial charge in [0.15, 0.2) is 0 Å². The van der Waals surface area contributed by atoms with Crippen molar-refractivity contribution in [3.8, 4) is 0 Å². The van der Waals surface area contributed by atoms with Gasteiger partial charge in [-0.1, -0.05) is 6.07 Å². The molecule has 2 fully saturated rings. The Morgan fingerprint density at radius 1 is 1.29 bits per heavy atom. The maximum Gasteiger partial charge on any atom is 0.246 e. The van der Waals surface area contributed by atoms with Crippen LogP contribution in [0.15, 0.2) is 18.2 Å². The molecule has 2 saturated heterocycles. The van der Waals surface area contributed by atoms with Crippen LogP contribution in [0.1, 0.15) is 24.8 Å². The number of hydrogen-bond acceptors (Lipinski definition) is 3. The molecule has 24 heavy (non-hydrogen) atoms. The number of halogens is 2. The van der Waals surface area contributed by atoms with Crippen molar-refractivity contribution in [1.29, 1.82) is 0 Å². The van der Waals surface area contributed by atoms with Crippen molar-refractivity contribution in [3.63, 3.8) is 0 Å². The van der Waals surface area contributed by atoms with E-state index in [0.29, 0.717) is 38.0 Å². The van der Waals surface area contributed by atoms with E-state index in [0.717, 1.165) is 6.07 Å². The van der Waals surface area contributed by atoms with Gasteiger partial charge in [-0.3, -0.25) is 9.59 Å². The number of aryl methyl sites for hydroxylation is 1. The van der Waals surface area contributed by atoms with Crippen LogP contribution in [0.3, 0.4) is 0 Å². The summed E-state index contributed by atoms with van der Waals surface area (Å²) in [7, 11) is 0. The number of hydrogen-bond donors (Lipinski definition) is 1. The summed E-state index contributed by atoms with van der Waals surface area (Å²) in [4.78, 5) is 25.2. The maximum absolute atomic E-state index is 13.6. The second-order valence-corrected chi connectivity index (χ2v) is 6.36. The van der Waals surface area contributed by atoms with Gasteiger partial charge in [-0.05, 0) is 30.9 Å². The van der Waals surface area contributed by atoms with Crippen molar-refractivity contribution >= 4 is 11.8 Å². The number of carbonyl (C=O) groups excluding carboxylic acids is 2. The van der Waals surface area contributed by atoms with Gasteiger partial charge in [-0.25, -0.2) is 8.78 Å². The number of amides is 2. The van der Waals surface area contributed by atoms with Crippen molar-refractivity contribution in [2.24, 2.45) is 0 Å². The summed E-state index contributed by atoms with van der Waals surface area (Å²) < 4.78 is 32.1. The van der Waals surface area contributed by atoms with Crippen molar-refractivity contribution < 1.29 is 23.1 Å². The van der Waals surface area contributed by atoms with Crippen LogP contribution in [0, 0.1) is 11.6 Å². The summed E-state index contributed by atoms with van der Waals surface area (Å²) >= 11 is 0. The van der Waals surface area contributed by atoms with E-state index >= 15 is 0 Å². The monoisotopic (exact) mass is 338 g/mol. The largest absolute Gasteiger partial charge is 0.363 e. The molecule has 2 amide bonds. The average Bonchev–Trinajstić information content (AvgIpc) is 2.57. The first kappa shape index (κ1) is 16.8. The van der Waals surface area contributed by atoms with E-state index in [1.165, 1.54) is 12.1 Å². The van der Waals surface area contributed by atoms with Crippen molar-refractivity contribution in [2.45, 2.75) is 31.3 Å². The molecule has 130 valence electrons. The minimum absolute atomic E-state index is 0.0478. The van der Waals surface area contributed by atoms with Crippen LogP contribution in [0.4, 0.5) is 8.78 Å². The highest BCUT2D eigenvalue weighted by Crippen LogP contribution is 2.28. The Morgan fingerprint density at radius 2 is 2.04 bits per heavy atom. The van der Waals surface area contributed by atoms with Crippen molar-refractivity contribution in [1.82, 2.24) is 10.2 Å². The number of benzene rings is 1. The lowest BCUT2D eigenvalue weighted by Gasteiger charge is -2.43. The van der Waals surface area contributed by atoms with Crippen LogP contribution in [-0.2, 0) is 20.7 Å². The number of rotatable bonds is 3. The highest BCUT2D eigenvalue weighted by molar-refractivity contribution is 5.78. The Kier molecular flexibility index (Phi) is 4.80. The van der Waals surface area contributed by atoms with Crippen LogP contribution in [0.5, 0.6) is 0 Å². The molecule has 0 aromatic heterocycles. The third kappa shape index (κ3) is 3.72. The number of likely N-dealkylation sites (tertiary alicyclic amines) is 1. The quantitative estimate of drug-likeness (QED) is 0.906. The highest BCUT2D eigenvalue weighted by atomic mass is 19.1. The third-order valence-corrected chi connectivity index (χ3v) is 4.77. The first-order chi connectivity index (χ1) is 11.5. The van der Waals surface area contributed by atoms with E-state index < -0.39 is 11.6 Å². The number of ether oxygens (including phenoxy) is 1. The van der Waals surface area contributed by atoms with Gasteiger partial charge in [0.2, 0.25) is 11.8 Å². The van der Waals surface area contributed by atoms with Gasteiger partial charge in [0.05, 0.1) is 5.60 Å². The molecule has 0 aliphatic carbocycles. The minimum Gasteiger partial charge on any atom is -0.363 e. The molecular formula is C17H20F2N2O3. The Bertz CT molecular complexity index is 631. The van der Waals surface area contributed by atoms with Crippen molar-refractivity contribution in [2.75, 3.05) is 26.2 Å². The molecule has 5 nitrogen and oxygen atoms in total. The van der Waals surface area contributed by atoms with Gasteiger partial charge in [0, 0.05) is 32.1 Å². The predicted molar refractivity (Wildman–Crippen MR) is 82.2 cm³/mol. The van der Waals surface area contributed by atoms with E-state index in [-0.39, 0.29) is 36.9 Å². The Labute approximate surface area is 139 Å². The lowest BCUT2D eigenvalue weighted by atomic mass is 9.89. The van der Waals surface area contributed by atoms with E-state index in [9.17, 15) is 18.4 Å². The first-order valence-electron chi connectivity index (χ1n) is 8.10. The summed E-state index contributed by atoms with van der Waals surface area (Å²) in [6.07, 6.45) is 1.78. The van der Waals surface area contributed by atoms with E-state index in [4.69, 9.17) is 4.74 Å². The lowest BCUT2D eigenvalue weighted by molar-refractivity contribution is -0.154. The molecule has 1 aromatic carbocycles. The molecule has 0 bridgehead atoms. The zero-order valence-corrected chi connectivity index (χ0v) is 13.3. The highest BCUT2D eigenvalue weighted by Gasteiger charge is 2.39. The lowest BCUT2D eigenvalue weighted by Crippen LogP contribution is -2.58. The van der Waals surface area contributed by atoms with E-state index in [2.05, 4.69) is 5.32 Å². The number of piperidine rings is 1. The van der Waals surface area contributed by atoms with E-state index in [1.54, 1.807) is 4.90 Å². The molecule has 1 N–H and O–H groups in total. The topological polar surface area (TPSA) is 58.6 Å². The van der Waals surface area contributed by atoms with Gasteiger partial charge in [0.1, 0.15) is 18.2 Å². The van der Waals surface area contributed by atoms with Gasteiger partial charge in [-0.2, -0.15) is 0 Å². The van der Waals surface area contributed by atoms with Crippen LogP contribution in [0.25, 0.3) is 0 Å². The Morgan fingerprint density at radius 3 is 2.67 bits per heavy atom. The minimum atomic E-state index is -0.622. The van der Waals surface area contributed by atoms with Crippen LogP contribution in [-0.4, -0.2) is 48.6 Å². The maximum atomic E-state index is 13.6. The van der Waals surface area contributed by atoms with Crippen LogP contribution in [0.2, 0.25) is 0 Å². The second-order valence-electron chi connectivity index (χ2n) is 6.36. The molecule has 3 rings (SSSR count). The molecule has 0 unspecified atom stereocenters. The third-order valence-electron chi connectivity index (χ3n) is 4.77. The fourth-order valence-corrected chi connectivity index (χ4v) is 3.19. The number of morpholine rings is 1. The molecule has 1 aromatic rings. The zero-order valence-electron chi connectivity index (χ0n) is 13.3. The van der Waals surface area contributed by atoms with E-state index in [1.807, 2.05) is 0 Å². The first-order valence-corrected chi connectivity index (χ1v) is 8.10. The summed E-state index contributed by atoms with van der Waals surface area (Å²) in [6, 6.07) is 3.41. The zero-order chi connectivity index (χ0) is 17.2. The molecule has 2 aliphatic rings. The van der Waals surface area contributed by atoms with Crippen molar-refractivity contribution in [3.05, 3.63) is 35.4 Å². The molecular weight excluding hydrogens is 318 g/mol. The smallest absolute Gasteiger partial charge is 0.246 e. The number of nitrogens with zero attached hydrogens (tertiary/aromatic N) is 1. The van der Waals surface area contributed by atoms with Crippen LogP contribution >= 0.6 is 0 Å². The van der Waals surface area contributed by atoms with Gasteiger partial charge < -0.3 is 15.0 Å². The molecule has 2 aliphatic heterocycles. The van der Waals surface area contributed by atoms with Gasteiger partial charge in [-0.15, -0.1) is 0 Å². The summed E-state index contributed by atoms with van der Waals surface area (Å²) in [5.41, 5.74) is -0.0233. The summed E-state index contributed by atoms with van der Waals surface area (Å²) in [6.45, 7) is 1.66. The standard InChI is InChI=1S/C17H20F2N2O3/c18-13-3-1-12(14(19)9-13)2-4-16(23)21-7-5-17(6-8-21)11-20-15(22)10-24-17/h1,3,9H,2,4-8,10-11H2,(H,20,22). The molecule has 2 heterocycles. The SMILES string of the molecule is O=C1COC2(CCN(C(=O)CCc3ccc(F)cc3F)CC2)CN1. The average molecular weight is 338 g/mol. The number of carbonyl (C=O) groups is 2. The normalized spacial score (nSPS) is 20.1. The summed E-state index contributed by atoms with van der Waals surface area (Å²) in [5.74, 6) is -1.40. The van der Waals surface area contributed by atoms with Gasteiger partial charge >= 0.3 is 0 Å². The summed E-state index contributed by atoms with van der Waals surface area (Å²) in [5, 5.41) is 2.80. The van der Waals surface area contributed by atoms with Crippen LogP contribution < -0.4 is 5.32 Å². The Hall–Kier alpha value is -2.02. The Balaban J connectivity index is 1.49. The molecule has 1 spiro atoms. The van der Waals surface area contributed by atoms with Gasteiger partial charge in [0.25, 0.3) is 0 Å². The molecule has 7 heteroatoms. The fourth-order valence-electron chi connectivity index (χ4n) is 3.19. The molecule has 0 atom stereocenters. The fraction of sp³-hybridized carbons (Fsp3) is 0.529. The molecule has 0 saturated carbocycles.